The van der Waals surface area contributed by atoms with Crippen molar-refractivity contribution < 1.29 is 14.3 Å². The Morgan fingerprint density at radius 1 is 1.11 bits per heavy atom. The fraction of sp³-hybridized carbons (Fsp3) is 0.905. The summed E-state index contributed by atoms with van der Waals surface area (Å²) in [5.41, 5.74) is -0.411. The number of carbonyl (C=O) groups excluding carboxylic acids is 2. The highest BCUT2D eigenvalue weighted by molar-refractivity contribution is 7.80. The second-order valence-corrected chi connectivity index (χ2v) is 9.57. The first-order valence-electron chi connectivity index (χ1n) is 10.3. The predicted molar refractivity (Wildman–Crippen MR) is 116 cm³/mol. The van der Waals surface area contributed by atoms with Crippen molar-refractivity contribution in [3.8, 4) is 0 Å². The van der Waals surface area contributed by atoms with Gasteiger partial charge in [0.25, 0.3) is 0 Å². The van der Waals surface area contributed by atoms with Crippen LogP contribution in [0.3, 0.4) is 0 Å². The number of aldehydes is 1. The molecule has 0 bridgehead atoms. The molecule has 0 fully saturated rings. The maximum atomic E-state index is 12.0. The normalized spacial score (nSPS) is 16.3. The molecular formula is C21H42N2O3S. The van der Waals surface area contributed by atoms with Gasteiger partial charge in [0, 0.05) is 18.0 Å². The third-order valence-electron chi connectivity index (χ3n) is 4.61. The van der Waals surface area contributed by atoms with E-state index in [4.69, 9.17) is 17.4 Å². The molecule has 0 saturated carbocycles. The molecule has 0 aliphatic heterocycles. The van der Waals surface area contributed by atoms with Gasteiger partial charge >= 0.3 is 6.09 Å². The van der Waals surface area contributed by atoms with Gasteiger partial charge in [-0.1, -0.05) is 41.0 Å². The number of nitrogens with one attached hydrogen (secondary N) is 2. The van der Waals surface area contributed by atoms with Crippen LogP contribution in [0.1, 0.15) is 74.1 Å². The molecule has 5 nitrogen and oxygen atoms in total. The second kappa shape index (κ2) is 13.4. The van der Waals surface area contributed by atoms with Gasteiger partial charge in [-0.2, -0.15) is 12.6 Å². The van der Waals surface area contributed by atoms with Crippen molar-refractivity contribution in [2.45, 2.75) is 85.6 Å². The molecule has 160 valence electrons. The van der Waals surface area contributed by atoms with Crippen LogP contribution in [0.15, 0.2) is 0 Å². The lowest BCUT2D eigenvalue weighted by Crippen LogP contribution is -2.45. The van der Waals surface area contributed by atoms with Gasteiger partial charge in [-0.25, -0.2) is 4.79 Å². The van der Waals surface area contributed by atoms with Crippen LogP contribution >= 0.6 is 12.6 Å². The van der Waals surface area contributed by atoms with Crippen molar-refractivity contribution in [1.82, 2.24) is 10.6 Å². The van der Waals surface area contributed by atoms with Crippen LogP contribution in [-0.4, -0.2) is 36.9 Å². The van der Waals surface area contributed by atoms with Crippen molar-refractivity contribution in [2.75, 3.05) is 13.2 Å². The number of hydrogen-bond acceptors (Lipinski definition) is 5. The summed E-state index contributed by atoms with van der Waals surface area (Å²) in [5, 5.41) is 6.21. The molecule has 0 rings (SSSR count). The van der Waals surface area contributed by atoms with Crippen molar-refractivity contribution in [3.05, 3.63) is 0 Å². The van der Waals surface area contributed by atoms with E-state index < -0.39 is 5.41 Å². The van der Waals surface area contributed by atoms with E-state index in [1.165, 1.54) is 0 Å². The lowest BCUT2D eigenvalue weighted by Gasteiger charge is -2.39. The quantitative estimate of drug-likeness (QED) is 0.171. The summed E-state index contributed by atoms with van der Waals surface area (Å²) in [6, 6.07) is 0.308. The van der Waals surface area contributed by atoms with Gasteiger partial charge in [-0.05, 0) is 50.9 Å². The molecule has 0 aliphatic rings. The van der Waals surface area contributed by atoms with Crippen LogP contribution in [-0.2, 0) is 9.53 Å². The summed E-state index contributed by atoms with van der Waals surface area (Å²) >= 11 is 4.78. The summed E-state index contributed by atoms with van der Waals surface area (Å²) in [7, 11) is 0. The molecule has 0 aromatic heterocycles. The predicted octanol–water partition coefficient (Wildman–Crippen LogP) is 4.66. The van der Waals surface area contributed by atoms with Gasteiger partial charge in [0.15, 0.2) is 0 Å². The molecule has 1 amide bonds. The minimum absolute atomic E-state index is 0.0390. The van der Waals surface area contributed by atoms with E-state index >= 15 is 0 Å². The Morgan fingerprint density at radius 2 is 1.74 bits per heavy atom. The zero-order valence-corrected chi connectivity index (χ0v) is 19.3. The Morgan fingerprint density at radius 3 is 2.22 bits per heavy atom. The summed E-state index contributed by atoms with van der Waals surface area (Å²) < 4.78 is 5.11. The first-order valence-corrected chi connectivity index (χ1v) is 10.8. The van der Waals surface area contributed by atoms with Crippen molar-refractivity contribution in [1.29, 1.82) is 0 Å². The van der Waals surface area contributed by atoms with Crippen molar-refractivity contribution in [2.24, 2.45) is 23.2 Å². The van der Waals surface area contributed by atoms with Crippen LogP contribution in [0.25, 0.3) is 0 Å². The summed E-state index contributed by atoms with van der Waals surface area (Å²) in [5.74, 6) is 0.912. The highest BCUT2D eigenvalue weighted by Crippen LogP contribution is 2.39. The number of unbranched alkanes of at least 4 members (excludes halogenated alkanes) is 1. The molecule has 0 aromatic carbocycles. The fourth-order valence-electron chi connectivity index (χ4n) is 3.45. The Bertz CT molecular complexity index is 430. The number of amides is 1. The van der Waals surface area contributed by atoms with Crippen LogP contribution in [0.2, 0.25) is 0 Å². The minimum Gasteiger partial charge on any atom is -0.449 e. The third-order valence-corrected chi connectivity index (χ3v) is 5.12. The largest absolute Gasteiger partial charge is 0.449 e. The lowest BCUT2D eigenvalue weighted by molar-refractivity contribution is -0.119. The zero-order chi connectivity index (χ0) is 21.0. The molecule has 27 heavy (non-hydrogen) atoms. The van der Waals surface area contributed by atoms with E-state index in [0.717, 1.165) is 32.0 Å². The molecule has 0 spiro atoms. The molecule has 3 unspecified atom stereocenters. The molecule has 0 radical (unpaired) electrons. The molecule has 0 heterocycles. The van der Waals surface area contributed by atoms with E-state index in [1.54, 1.807) is 0 Å². The Balaban J connectivity index is 4.64. The van der Waals surface area contributed by atoms with E-state index in [0.29, 0.717) is 31.0 Å². The van der Waals surface area contributed by atoms with Gasteiger partial charge in [0.2, 0.25) is 0 Å². The van der Waals surface area contributed by atoms with Crippen LogP contribution in [0, 0.1) is 23.2 Å². The Kier molecular flexibility index (Phi) is 13.1. The number of carbonyl (C=O) groups is 2. The van der Waals surface area contributed by atoms with Crippen LogP contribution in [0.4, 0.5) is 4.79 Å². The number of thiol groups is 1. The molecular weight excluding hydrogens is 360 g/mol. The van der Waals surface area contributed by atoms with Crippen molar-refractivity contribution in [3.63, 3.8) is 0 Å². The topological polar surface area (TPSA) is 67.4 Å². The lowest BCUT2D eigenvalue weighted by atomic mass is 9.70. The van der Waals surface area contributed by atoms with Crippen LogP contribution in [0.5, 0.6) is 0 Å². The Labute approximate surface area is 172 Å². The number of rotatable bonds is 14. The molecule has 0 saturated heterocycles. The number of ether oxygens (including phenoxy) is 1. The standard InChI is InChI=1S/C21H42N2O3S/c1-15(2)12-21(7,14-24)18(19(27)23-17(5)6)10-8-9-11-22-20(25)26-13-16(3)4/h14-19,23,27H,8-13H2,1-7H3,(H,22,25). The SMILES string of the molecule is CC(C)COC(=O)NCCCCC(C(S)NC(C)C)C(C)(C=O)CC(C)C. The molecule has 2 N–H and O–H groups in total. The first kappa shape index (κ1) is 26.2. The highest BCUT2D eigenvalue weighted by Gasteiger charge is 2.38. The summed E-state index contributed by atoms with van der Waals surface area (Å²) in [4.78, 5) is 23.6. The second-order valence-electron chi connectivity index (χ2n) is 9.01. The number of hydrogen-bond donors (Lipinski definition) is 3. The maximum absolute atomic E-state index is 12.0. The average Bonchev–Trinajstić information content (AvgIpc) is 2.54. The first-order chi connectivity index (χ1) is 12.5. The van der Waals surface area contributed by atoms with E-state index in [1.807, 2.05) is 13.8 Å². The summed E-state index contributed by atoms with van der Waals surface area (Å²) in [6.45, 7) is 15.6. The molecule has 0 aromatic rings. The monoisotopic (exact) mass is 402 g/mol. The molecule has 6 heteroatoms. The fourth-order valence-corrected chi connectivity index (χ4v) is 4.23. The van der Waals surface area contributed by atoms with E-state index in [2.05, 4.69) is 45.3 Å². The maximum Gasteiger partial charge on any atom is 0.407 e. The third kappa shape index (κ3) is 11.6. The average molecular weight is 403 g/mol. The van der Waals surface area contributed by atoms with Gasteiger partial charge in [0.1, 0.15) is 6.29 Å². The van der Waals surface area contributed by atoms with Crippen LogP contribution < -0.4 is 10.6 Å². The molecule has 3 atom stereocenters. The number of alkyl carbamates (subject to hydrolysis) is 1. The van der Waals surface area contributed by atoms with Gasteiger partial charge in [-0.3, -0.25) is 0 Å². The zero-order valence-electron chi connectivity index (χ0n) is 18.4. The van der Waals surface area contributed by atoms with Gasteiger partial charge in [0.05, 0.1) is 12.0 Å². The molecule has 0 aliphatic carbocycles. The highest BCUT2D eigenvalue weighted by atomic mass is 32.1. The van der Waals surface area contributed by atoms with Gasteiger partial charge < -0.3 is 20.2 Å². The minimum atomic E-state index is -0.411. The Hall–Kier alpha value is -0.750. The van der Waals surface area contributed by atoms with E-state index in [-0.39, 0.29) is 17.4 Å². The smallest absolute Gasteiger partial charge is 0.407 e. The van der Waals surface area contributed by atoms with Crippen molar-refractivity contribution >= 4 is 25.0 Å². The van der Waals surface area contributed by atoms with Gasteiger partial charge in [-0.15, -0.1) is 0 Å². The summed E-state index contributed by atoms with van der Waals surface area (Å²) in [6.07, 6.45) is 4.27. The van der Waals surface area contributed by atoms with E-state index in [9.17, 15) is 9.59 Å².